The van der Waals surface area contributed by atoms with Crippen LogP contribution in [0.2, 0.25) is 0 Å². The van der Waals surface area contributed by atoms with Crippen LogP contribution in [-0.2, 0) is 11.3 Å². The number of hydrogen-bond donors (Lipinski definition) is 0. The molecule has 0 saturated carbocycles. The third-order valence-electron chi connectivity index (χ3n) is 3.19. The van der Waals surface area contributed by atoms with Crippen LogP contribution in [0.1, 0.15) is 45.4 Å². The van der Waals surface area contributed by atoms with Crippen molar-refractivity contribution in [3.05, 3.63) is 18.7 Å². The summed E-state index contributed by atoms with van der Waals surface area (Å²) in [5.74, 6) is 0.762. The van der Waals surface area contributed by atoms with E-state index in [4.69, 9.17) is 4.74 Å². The molecule has 1 atom stereocenters. The lowest BCUT2D eigenvalue weighted by atomic mass is 9.97. The quantitative estimate of drug-likeness (QED) is 0.583. The van der Waals surface area contributed by atoms with Crippen molar-refractivity contribution >= 4 is 0 Å². The summed E-state index contributed by atoms with van der Waals surface area (Å²) in [5, 5.41) is 0. The van der Waals surface area contributed by atoms with Crippen molar-refractivity contribution in [2.45, 2.75) is 52.0 Å². The Kier molecular flexibility index (Phi) is 7.72. The van der Waals surface area contributed by atoms with Gasteiger partial charge in [-0.3, -0.25) is 0 Å². The van der Waals surface area contributed by atoms with Crippen LogP contribution in [-0.4, -0.2) is 23.3 Å². The van der Waals surface area contributed by atoms with E-state index in [0.717, 1.165) is 19.1 Å². The van der Waals surface area contributed by atoms with Gasteiger partial charge in [0.05, 0.1) is 6.33 Å². The van der Waals surface area contributed by atoms with Gasteiger partial charge in [0.2, 0.25) is 0 Å². The first-order chi connectivity index (χ1) is 8.36. The monoisotopic (exact) mass is 238 g/mol. The first kappa shape index (κ1) is 14.2. The van der Waals surface area contributed by atoms with Crippen molar-refractivity contribution < 1.29 is 4.74 Å². The van der Waals surface area contributed by atoms with Gasteiger partial charge >= 0.3 is 0 Å². The third kappa shape index (κ3) is 6.47. The molecule has 1 heterocycles. The predicted molar refractivity (Wildman–Crippen MR) is 71.0 cm³/mol. The number of ether oxygens (including phenoxy) is 1. The van der Waals surface area contributed by atoms with Gasteiger partial charge in [0.25, 0.3) is 0 Å². The summed E-state index contributed by atoms with van der Waals surface area (Å²) in [6.07, 6.45) is 13.5. The average Bonchev–Trinajstić information content (AvgIpc) is 2.82. The van der Waals surface area contributed by atoms with Crippen LogP contribution in [0, 0.1) is 5.92 Å². The highest BCUT2D eigenvalue weighted by atomic mass is 16.5. The van der Waals surface area contributed by atoms with Crippen molar-refractivity contribution in [2.24, 2.45) is 5.92 Å². The summed E-state index contributed by atoms with van der Waals surface area (Å²) in [5.41, 5.74) is 0. The maximum absolute atomic E-state index is 5.26. The molecule has 0 N–H and O–H groups in total. The molecule has 0 amide bonds. The van der Waals surface area contributed by atoms with E-state index >= 15 is 0 Å². The van der Waals surface area contributed by atoms with Crippen LogP contribution in [0.4, 0.5) is 0 Å². The van der Waals surface area contributed by atoms with Crippen molar-refractivity contribution in [2.75, 3.05) is 13.7 Å². The van der Waals surface area contributed by atoms with Gasteiger partial charge in [-0.2, -0.15) is 0 Å². The zero-order valence-electron chi connectivity index (χ0n) is 11.3. The number of unbranched alkanes of at least 4 members (excludes halogenated alkanes) is 2. The molecule has 0 aromatic carbocycles. The van der Waals surface area contributed by atoms with Gasteiger partial charge in [-0.1, -0.05) is 26.2 Å². The van der Waals surface area contributed by atoms with E-state index in [-0.39, 0.29) is 0 Å². The van der Waals surface area contributed by atoms with Crippen molar-refractivity contribution in [3.8, 4) is 0 Å². The smallest absolute Gasteiger partial charge is 0.0945 e. The number of hydrogen-bond acceptors (Lipinski definition) is 2. The highest BCUT2D eigenvalue weighted by Gasteiger charge is 2.06. The number of nitrogens with zero attached hydrogens (tertiary/aromatic N) is 2. The highest BCUT2D eigenvalue weighted by molar-refractivity contribution is 4.73. The van der Waals surface area contributed by atoms with Crippen LogP contribution in [0.25, 0.3) is 0 Å². The number of aryl methyl sites for hydroxylation is 1. The van der Waals surface area contributed by atoms with Crippen LogP contribution >= 0.6 is 0 Å². The van der Waals surface area contributed by atoms with Gasteiger partial charge in [0, 0.05) is 32.7 Å². The molecule has 0 fully saturated rings. The Balaban J connectivity index is 2.01. The van der Waals surface area contributed by atoms with E-state index < -0.39 is 0 Å². The predicted octanol–water partition coefficient (Wildman–Crippen LogP) is 3.51. The Hall–Kier alpha value is -0.830. The number of aromatic nitrogens is 2. The van der Waals surface area contributed by atoms with Gasteiger partial charge in [-0.15, -0.1) is 0 Å². The van der Waals surface area contributed by atoms with E-state index in [2.05, 4.69) is 16.5 Å². The summed E-state index contributed by atoms with van der Waals surface area (Å²) in [6.45, 7) is 4.28. The standard InChI is InChI=1S/C14H26N2O/c1-3-7-14(12-17-2)8-5-4-6-10-16-11-9-15-13-16/h9,11,13-14H,3-8,10,12H2,1-2H3/t14-/m1/s1. The number of imidazole rings is 1. The largest absolute Gasteiger partial charge is 0.384 e. The van der Waals surface area contributed by atoms with E-state index in [0.29, 0.717) is 0 Å². The van der Waals surface area contributed by atoms with Crippen molar-refractivity contribution in [3.63, 3.8) is 0 Å². The highest BCUT2D eigenvalue weighted by Crippen LogP contribution is 2.16. The Morgan fingerprint density at radius 1 is 1.24 bits per heavy atom. The molecule has 0 bridgehead atoms. The lowest BCUT2D eigenvalue weighted by molar-refractivity contribution is 0.141. The van der Waals surface area contributed by atoms with Crippen LogP contribution in [0.15, 0.2) is 18.7 Å². The molecular weight excluding hydrogens is 212 g/mol. The minimum atomic E-state index is 0.762. The second-order valence-corrected chi connectivity index (χ2v) is 4.76. The summed E-state index contributed by atoms with van der Waals surface area (Å²) < 4.78 is 7.41. The zero-order chi connectivity index (χ0) is 12.3. The van der Waals surface area contributed by atoms with Gasteiger partial charge < -0.3 is 9.30 Å². The van der Waals surface area contributed by atoms with E-state index in [9.17, 15) is 0 Å². The van der Waals surface area contributed by atoms with Gasteiger partial charge in [-0.05, 0) is 25.2 Å². The molecule has 3 heteroatoms. The van der Waals surface area contributed by atoms with Gasteiger partial charge in [0.1, 0.15) is 0 Å². The summed E-state index contributed by atoms with van der Waals surface area (Å²) in [7, 11) is 1.81. The number of rotatable bonds is 10. The molecule has 3 nitrogen and oxygen atoms in total. The molecule has 0 spiro atoms. The Bertz CT molecular complexity index is 253. The Morgan fingerprint density at radius 2 is 2.12 bits per heavy atom. The molecule has 0 unspecified atom stereocenters. The van der Waals surface area contributed by atoms with Crippen molar-refractivity contribution in [1.29, 1.82) is 0 Å². The van der Waals surface area contributed by atoms with Crippen LogP contribution in [0.3, 0.4) is 0 Å². The first-order valence-electron chi connectivity index (χ1n) is 6.81. The zero-order valence-corrected chi connectivity index (χ0v) is 11.3. The molecule has 17 heavy (non-hydrogen) atoms. The molecule has 0 aliphatic rings. The van der Waals surface area contributed by atoms with E-state index in [1.807, 2.05) is 25.8 Å². The summed E-state index contributed by atoms with van der Waals surface area (Å²) in [6, 6.07) is 0. The molecule has 0 saturated heterocycles. The fourth-order valence-electron chi connectivity index (χ4n) is 2.28. The lowest BCUT2D eigenvalue weighted by Gasteiger charge is -2.14. The topological polar surface area (TPSA) is 27.1 Å². The summed E-state index contributed by atoms with van der Waals surface area (Å²) in [4.78, 5) is 4.04. The van der Waals surface area contributed by atoms with Gasteiger partial charge in [0.15, 0.2) is 0 Å². The summed E-state index contributed by atoms with van der Waals surface area (Å²) >= 11 is 0. The molecule has 1 aromatic heterocycles. The maximum atomic E-state index is 5.26. The van der Waals surface area contributed by atoms with E-state index in [1.54, 1.807) is 0 Å². The van der Waals surface area contributed by atoms with Crippen molar-refractivity contribution in [1.82, 2.24) is 9.55 Å². The van der Waals surface area contributed by atoms with Crippen LogP contribution in [0.5, 0.6) is 0 Å². The minimum Gasteiger partial charge on any atom is -0.384 e. The minimum absolute atomic E-state index is 0.762. The SMILES string of the molecule is CCC[C@H](CCCCCn1ccnc1)COC. The molecule has 1 rings (SSSR count). The Morgan fingerprint density at radius 3 is 2.76 bits per heavy atom. The molecular formula is C14H26N2O. The Labute approximate surface area is 105 Å². The lowest BCUT2D eigenvalue weighted by Crippen LogP contribution is -2.08. The molecule has 98 valence electrons. The molecule has 0 aliphatic heterocycles. The normalized spacial score (nSPS) is 12.8. The third-order valence-corrected chi connectivity index (χ3v) is 3.19. The first-order valence-corrected chi connectivity index (χ1v) is 6.81. The fourth-order valence-corrected chi connectivity index (χ4v) is 2.28. The molecule has 1 aromatic rings. The van der Waals surface area contributed by atoms with Gasteiger partial charge in [-0.25, -0.2) is 4.98 Å². The second kappa shape index (κ2) is 9.23. The maximum Gasteiger partial charge on any atom is 0.0945 e. The van der Waals surface area contributed by atoms with E-state index in [1.165, 1.54) is 38.5 Å². The fraction of sp³-hybridized carbons (Fsp3) is 0.786. The average molecular weight is 238 g/mol. The molecule has 0 radical (unpaired) electrons. The number of methoxy groups -OCH3 is 1. The molecule has 0 aliphatic carbocycles. The van der Waals surface area contributed by atoms with Crippen LogP contribution < -0.4 is 0 Å². The second-order valence-electron chi connectivity index (χ2n) is 4.76.